The van der Waals surface area contributed by atoms with Crippen LogP contribution in [0.3, 0.4) is 0 Å². The van der Waals surface area contributed by atoms with Crippen LogP contribution in [-0.2, 0) is 16.4 Å². The van der Waals surface area contributed by atoms with Gasteiger partial charge in [0.25, 0.3) is 5.91 Å². The maximum absolute atomic E-state index is 12.7. The molecule has 2 aromatic rings. The second-order valence-corrected chi connectivity index (χ2v) is 7.72. The zero-order valence-corrected chi connectivity index (χ0v) is 14.8. The normalized spacial score (nSPS) is 13.6. The van der Waals surface area contributed by atoms with E-state index in [-0.39, 0.29) is 16.6 Å². The van der Waals surface area contributed by atoms with Gasteiger partial charge in [-0.2, -0.15) is 0 Å². The molecule has 1 aliphatic heterocycles. The standard InChI is InChI=1S/C18H18N2O4S/c1-12(21)13-3-5-14(6-4-13)18(22)20-10-9-15-11-16(7-8-17(15)20)25(23,24)19-2/h3-8,11,19H,9-10H2,1-2H3. The molecule has 1 N–H and O–H groups in total. The van der Waals surface area contributed by atoms with E-state index in [0.29, 0.717) is 24.1 Å². The van der Waals surface area contributed by atoms with Crippen molar-refractivity contribution in [2.45, 2.75) is 18.2 Å². The number of hydrogen-bond donors (Lipinski definition) is 1. The SMILES string of the molecule is CNS(=O)(=O)c1ccc2c(c1)CCN2C(=O)c1ccc(C(C)=O)cc1. The number of nitrogens with one attached hydrogen (secondary N) is 1. The Kier molecular flexibility index (Phi) is 4.45. The van der Waals surface area contributed by atoms with Gasteiger partial charge in [0.15, 0.2) is 5.78 Å². The van der Waals surface area contributed by atoms with E-state index in [4.69, 9.17) is 0 Å². The van der Waals surface area contributed by atoms with Crippen molar-refractivity contribution in [2.75, 3.05) is 18.5 Å². The van der Waals surface area contributed by atoms with Crippen molar-refractivity contribution in [3.63, 3.8) is 0 Å². The molecule has 1 amide bonds. The molecule has 6 nitrogen and oxygen atoms in total. The van der Waals surface area contributed by atoms with E-state index in [0.717, 1.165) is 11.3 Å². The van der Waals surface area contributed by atoms with E-state index < -0.39 is 10.0 Å². The minimum Gasteiger partial charge on any atom is -0.308 e. The molecule has 3 rings (SSSR count). The maximum Gasteiger partial charge on any atom is 0.258 e. The van der Waals surface area contributed by atoms with Gasteiger partial charge in [0.1, 0.15) is 0 Å². The number of nitrogens with zero attached hydrogens (tertiary/aromatic N) is 1. The minimum atomic E-state index is -3.51. The number of carbonyl (C=O) groups excluding carboxylic acids is 2. The lowest BCUT2D eigenvalue weighted by Gasteiger charge is -2.18. The molecule has 1 heterocycles. The Morgan fingerprint density at radius 3 is 2.28 bits per heavy atom. The third-order valence-electron chi connectivity index (χ3n) is 4.31. The van der Waals surface area contributed by atoms with Crippen LogP contribution >= 0.6 is 0 Å². The predicted octanol–water partition coefficient (Wildman–Crippen LogP) is 2.00. The Bertz CT molecular complexity index is 950. The highest BCUT2D eigenvalue weighted by Gasteiger charge is 2.27. The van der Waals surface area contributed by atoms with Crippen molar-refractivity contribution >= 4 is 27.4 Å². The van der Waals surface area contributed by atoms with Gasteiger partial charge in [0.2, 0.25) is 10.0 Å². The van der Waals surface area contributed by atoms with Crippen LogP contribution in [0.2, 0.25) is 0 Å². The summed E-state index contributed by atoms with van der Waals surface area (Å²) in [4.78, 5) is 25.9. The first-order valence-corrected chi connectivity index (χ1v) is 9.31. The number of ketones is 1. The molecule has 25 heavy (non-hydrogen) atoms. The zero-order chi connectivity index (χ0) is 18.2. The second-order valence-electron chi connectivity index (χ2n) is 5.84. The Balaban J connectivity index is 1.90. The largest absolute Gasteiger partial charge is 0.308 e. The molecule has 7 heteroatoms. The van der Waals surface area contributed by atoms with Crippen LogP contribution in [0.25, 0.3) is 0 Å². The van der Waals surface area contributed by atoms with E-state index >= 15 is 0 Å². The molecular formula is C18H18N2O4S. The first-order chi connectivity index (χ1) is 11.8. The number of amides is 1. The Labute approximate surface area is 146 Å². The number of benzene rings is 2. The third kappa shape index (κ3) is 3.20. The first-order valence-electron chi connectivity index (χ1n) is 7.83. The number of sulfonamides is 1. The molecule has 0 unspecified atom stereocenters. The van der Waals surface area contributed by atoms with Gasteiger partial charge in [-0.3, -0.25) is 9.59 Å². The Hall–Kier alpha value is -2.51. The first kappa shape index (κ1) is 17.3. The Morgan fingerprint density at radius 1 is 1.04 bits per heavy atom. The number of fused-ring (bicyclic) bond motifs is 1. The topological polar surface area (TPSA) is 83.6 Å². The summed E-state index contributed by atoms with van der Waals surface area (Å²) in [6.45, 7) is 1.97. The molecule has 0 aromatic heterocycles. The van der Waals surface area contributed by atoms with Crippen molar-refractivity contribution in [3.05, 3.63) is 59.2 Å². The van der Waals surface area contributed by atoms with Gasteiger partial charge < -0.3 is 4.90 Å². The van der Waals surface area contributed by atoms with Crippen molar-refractivity contribution in [3.8, 4) is 0 Å². The van der Waals surface area contributed by atoms with Crippen molar-refractivity contribution < 1.29 is 18.0 Å². The molecule has 0 fully saturated rings. The summed E-state index contributed by atoms with van der Waals surface area (Å²) >= 11 is 0. The van der Waals surface area contributed by atoms with E-state index in [1.54, 1.807) is 41.3 Å². The summed E-state index contributed by atoms with van der Waals surface area (Å²) < 4.78 is 26.1. The molecule has 0 radical (unpaired) electrons. The fourth-order valence-electron chi connectivity index (χ4n) is 2.88. The summed E-state index contributed by atoms with van der Waals surface area (Å²) in [7, 11) is -2.14. The molecule has 0 spiro atoms. The monoisotopic (exact) mass is 358 g/mol. The van der Waals surface area contributed by atoms with Gasteiger partial charge in [0.05, 0.1) is 4.90 Å². The second kappa shape index (κ2) is 6.42. The summed E-state index contributed by atoms with van der Waals surface area (Å²) in [5, 5.41) is 0. The summed E-state index contributed by atoms with van der Waals surface area (Å²) in [5.41, 5.74) is 2.59. The van der Waals surface area contributed by atoms with E-state index in [1.165, 1.54) is 20.0 Å². The van der Waals surface area contributed by atoms with Crippen molar-refractivity contribution in [1.82, 2.24) is 4.72 Å². The Morgan fingerprint density at radius 2 is 1.68 bits per heavy atom. The lowest BCUT2D eigenvalue weighted by molar-refractivity contribution is 0.0984. The summed E-state index contributed by atoms with van der Waals surface area (Å²) in [6.07, 6.45) is 0.597. The number of hydrogen-bond acceptors (Lipinski definition) is 4. The van der Waals surface area contributed by atoms with Crippen LogP contribution in [0.1, 0.15) is 33.2 Å². The highest BCUT2D eigenvalue weighted by atomic mass is 32.2. The van der Waals surface area contributed by atoms with Gasteiger partial charge in [-0.1, -0.05) is 12.1 Å². The van der Waals surface area contributed by atoms with Crippen LogP contribution in [0, 0.1) is 0 Å². The quantitative estimate of drug-likeness (QED) is 0.848. The minimum absolute atomic E-state index is 0.0520. The van der Waals surface area contributed by atoms with Crippen molar-refractivity contribution in [1.29, 1.82) is 0 Å². The van der Waals surface area contributed by atoms with Gasteiger partial charge in [0, 0.05) is 23.4 Å². The summed E-state index contributed by atoms with van der Waals surface area (Å²) in [5.74, 6) is -0.220. The van der Waals surface area contributed by atoms with Crippen LogP contribution in [0.5, 0.6) is 0 Å². The number of Topliss-reactive ketones (excluding diaryl/α,β-unsaturated/α-hetero) is 1. The highest BCUT2D eigenvalue weighted by molar-refractivity contribution is 7.89. The van der Waals surface area contributed by atoms with Crippen LogP contribution in [-0.4, -0.2) is 33.7 Å². The van der Waals surface area contributed by atoms with E-state index in [1.807, 2.05) is 0 Å². The number of anilines is 1. The lowest BCUT2D eigenvalue weighted by atomic mass is 10.1. The molecular weight excluding hydrogens is 340 g/mol. The zero-order valence-electron chi connectivity index (χ0n) is 13.9. The predicted molar refractivity (Wildman–Crippen MR) is 94.5 cm³/mol. The van der Waals surface area contributed by atoms with Gasteiger partial charge in [-0.05, 0) is 56.3 Å². The van der Waals surface area contributed by atoms with Crippen molar-refractivity contribution in [2.24, 2.45) is 0 Å². The van der Waals surface area contributed by atoms with Crippen LogP contribution in [0.4, 0.5) is 5.69 Å². The summed E-state index contributed by atoms with van der Waals surface area (Å²) in [6, 6.07) is 11.3. The number of carbonyl (C=O) groups is 2. The number of rotatable bonds is 4. The fourth-order valence-corrected chi connectivity index (χ4v) is 3.66. The molecule has 0 bridgehead atoms. The lowest BCUT2D eigenvalue weighted by Crippen LogP contribution is -2.28. The molecule has 0 aliphatic carbocycles. The van der Waals surface area contributed by atoms with Gasteiger partial charge in [-0.15, -0.1) is 0 Å². The van der Waals surface area contributed by atoms with Gasteiger partial charge >= 0.3 is 0 Å². The molecule has 0 atom stereocenters. The van der Waals surface area contributed by atoms with Crippen LogP contribution < -0.4 is 9.62 Å². The molecule has 1 aliphatic rings. The molecule has 0 saturated heterocycles. The smallest absolute Gasteiger partial charge is 0.258 e. The highest BCUT2D eigenvalue weighted by Crippen LogP contribution is 2.31. The van der Waals surface area contributed by atoms with Crippen LogP contribution in [0.15, 0.2) is 47.4 Å². The third-order valence-corrected chi connectivity index (χ3v) is 5.72. The maximum atomic E-state index is 12.7. The molecule has 0 saturated carbocycles. The van der Waals surface area contributed by atoms with Gasteiger partial charge in [-0.25, -0.2) is 13.1 Å². The van der Waals surface area contributed by atoms with E-state index in [2.05, 4.69) is 4.72 Å². The average molecular weight is 358 g/mol. The fraction of sp³-hybridized carbons (Fsp3) is 0.222. The average Bonchev–Trinajstić information content (AvgIpc) is 3.04. The van der Waals surface area contributed by atoms with E-state index in [9.17, 15) is 18.0 Å². The molecule has 2 aromatic carbocycles. The molecule has 130 valence electrons.